The maximum Gasteiger partial charge on any atom is 0.251 e. The van der Waals surface area contributed by atoms with Crippen LogP contribution in [-0.4, -0.2) is 52.7 Å². The second kappa shape index (κ2) is 6.92. The van der Waals surface area contributed by atoms with Crippen LogP contribution in [0.5, 0.6) is 0 Å². The average Bonchev–Trinajstić information content (AvgIpc) is 3.12. The molecule has 134 valence electrons. The number of nitrogens with zero attached hydrogens (tertiary/aromatic N) is 4. The van der Waals surface area contributed by atoms with E-state index < -0.39 is 17.2 Å². The lowest BCUT2D eigenvalue weighted by molar-refractivity contribution is -0.142. The summed E-state index contributed by atoms with van der Waals surface area (Å²) in [6.07, 6.45) is 4.99. The van der Waals surface area contributed by atoms with E-state index in [1.165, 1.54) is 6.07 Å². The van der Waals surface area contributed by atoms with Crippen LogP contribution in [0.3, 0.4) is 0 Å². The van der Waals surface area contributed by atoms with Gasteiger partial charge in [0.2, 0.25) is 0 Å². The molecule has 1 aromatic carbocycles. The molecule has 1 saturated heterocycles. The van der Waals surface area contributed by atoms with Gasteiger partial charge in [0, 0.05) is 39.6 Å². The van der Waals surface area contributed by atoms with Crippen LogP contribution in [0.25, 0.3) is 0 Å². The van der Waals surface area contributed by atoms with E-state index in [0.29, 0.717) is 25.1 Å². The molecule has 0 spiro atoms. The zero-order valence-corrected chi connectivity index (χ0v) is 14.5. The van der Waals surface area contributed by atoms with Gasteiger partial charge in [-0.25, -0.2) is 8.78 Å². The summed E-state index contributed by atoms with van der Waals surface area (Å²) in [5.74, 6) is -1.71. The minimum absolute atomic E-state index is 0.00816. The fourth-order valence-corrected chi connectivity index (χ4v) is 3.55. The molecule has 0 N–H and O–H groups in total. The first-order valence-corrected chi connectivity index (χ1v) is 8.30. The maximum absolute atomic E-state index is 13.5. The number of benzene rings is 1. The van der Waals surface area contributed by atoms with E-state index in [1.54, 1.807) is 42.0 Å². The maximum atomic E-state index is 13.5. The second-order valence-corrected chi connectivity index (χ2v) is 6.74. The summed E-state index contributed by atoms with van der Waals surface area (Å²) in [5.41, 5.74) is -0.0865. The molecule has 0 aliphatic carbocycles. The first-order valence-electron chi connectivity index (χ1n) is 8.30. The monoisotopic (exact) mass is 348 g/mol. The molecule has 1 aliphatic rings. The van der Waals surface area contributed by atoms with Crippen LogP contribution < -0.4 is 0 Å². The van der Waals surface area contributed by atoms with Crippen molar-refractivity contribution >= 4 is 5.91 Å². The fourth-order valence-electron chi connectivity index (χ4n) is 3.55. The van der Waals surface area contributed by atoms with Crippen molar-refractivity contribution in [3.63, 3.8) is 0 Å². The van der Waals surface area contributed by atoms with Gasteiger partial charge in [0.25, 0.3) is 5.91 Å². The lowest BCUT2D eigenvalue weighted by atomic mass is 9.87. The Labute approximate surface area is 145 Å². The number of hydrogen-bond donors (Lipinski definition) is 0. The van der Waals surface area contributed by atoms with Gasteiger partial charge in [0.15, 0.2) is 17.2 Å². The number of aromatic nitrogens is 2. The topological polar surface area (TPSA) is 41.4 Å². The Balaban J connectivity index is 1.86. The highest BCUT2D eigenvalue weighted by Crippen LogP contribution is 2.31. The van der Waals surface area contributed by atoms with E-state index in [2.05, 4.69) is 10.00 Å². The molecule has 1 amide bonds. The van der Waals surface area contributed by atoms with Crippen molar-refractivity contribution in [2.75, 3.05) is 27.2 Å². The number of carbonyl (C=O) groups excluding carboxylic acids is 1. The molecular weight excluding hydrogens is 326 g/mol. The van der Waals surface area contributed by atoms with Crippen molar-refractivity contribution in [3.05, 3.63) is 53.9 Å². The number of carbonyl (C=O) groups is 1. The van der Waals surface area contributed by atoms with E-state index in [1.807, 2.05) is 6.20 Å². The van der Waals surface area contributed by atoms with Crippen molar-refractivity contribution in [3.8, 4) is 0 Å². The molecule has 25 heavy (non-hydrogen) atoms. The Kier molecular flexibility index (Phi) is 4.85. The summed E-state index contributed by atoms with van der Waals surface area (Å²) in [6.45, 7) is 1.73. The van der Waals surface area contributed by atoms with Gasteiger partial charge in [0.1, 0.15) is 0 Å². The number of likely N-dealkylation sites (N-methyl/N-ethyl adjacent to an activating group) is 1. The summed E-state index contributed by atoms with van der Waals surface area (Å²) in [4.78, 5) is 16.6. The minimum atomic E-state index is -0.851. The van der Waals surface area contributed by atoms with Crippen LogP contribution in [0.4, 0.5) is 8.78 Å². The summed E-state index contributed by atoms with van der Waals surface area (Å²) in [7, 11) is 3.48. The van der Waals surface area contributed by atoms with Crippen molar-refractivity contribution in [2.24, 2.45) is 0 Å². The molecule has 1 atom stereocenters. The lowest BCUT2D eigenvalue weighted by Crippen LogP contribution is -2.58. The highest BCUT2D eigenvalue weighted by Gasteiger charge is 2.45. The summed E-state index contributed by atoms with van der Waals surface area (Å²) < 4.78 is 28.3. The lowest BCUT2D eigenvalue weighted by Gasteiger charge is -2.43. The molecule has 0 bridgehead atoms. The zero-order chi connectivity index (χ0) is 18.0. The number of likely N-dealkylation sites (tertiary alicyclic amines) is 1. The minimum Gasteiger partial charge on any atom is -0.347 e. The van der Waals surface area contributed by atoms with Crippen molar-refractivity contribution in [1.29, 1.82) is 0 Å². The zero-order valence-electron chi connectivity index (χ0n) is 14.5. The third-order valence-electron chi connectivity index (χ3n) is 4.69. The summed E-state index contributed by atoms with van der Waals surface area (Å²) in [5, 5.41) is 4.32. The number of rotatable bonds is 4. The highest BCUT2D eigenvalue weighted by atomic mass is 19.2. The number of piperidine rings is 1. The first kappa shape index (κ1) is 17.5. The van der Waals surface area contributed by atoms with E-state index in [0.717, 1.165) is 19.0 Å². The largest absolute Gasteiger partial charge is 0.347 e. The van der Waals surface area contributed by atoms with Gasteiger partial charge in [-0.1, -0.05) is 6.07 Å². The van der Waals surface area contributed by atoms with Gasteiger partial charge in [-0.15, -0.1) is 0 Å². The number of hydrogen-bond acceptors (Lipinski definition) is 3. The van der Waals surface area contributed by atoms with Crippen LogP contribution in [0.15, 0.2) is 36.7 Å². The fraction of sp³-hybridized carbons (Fsp3) is 0.444. The van der Waals surface area contributed by atoms with Crippen molar-refractivity contribution in [2.45, 2.75) is 24.9 Å². The van der Waals surface area contributed by atoms with E-state index >= 15 is 0 Å². The molecule has 1 aliphatic heterocycles. The quantitative estimate of drug-likeness (QED) is 0.851. The number of amides is 1. The molecule has 3 rings (SSSR count). The van der Waals surface area contributed by atoms with Gasteiger partial charge in [-0.3, -0.25) is 14.4 Å². The molecule has 1 unspecified atom stereocenters. The third-order valence-corrected chi connectivity index (χ3v) is 4.69. The summed E-state index contributed by atoms with van der Waals surface area (Å²) >= 11 is 0. The Morgan fingerprint density at radius 1 is 1.32 bits per heavy atom. The standard InChI is InChI=1S/C18H22F2N4O/c1-22(2)17(25)18(24-10-4-8-21-24)7-3-9-23(13-18)12-14-5-6-15(19)16(20)11-14/h4-6,8,10-11H,3,7,9,12-13H2,1-2H3. The van der Waals surface area contributed by atoms with Crippen LogP contribution in [0.2, 0.25) is 0 Å². The Morgan fingerprint density at radius 2 is 2.12 bits per heavy atom. The summed E-state index contributed by atoms with van der Waals surface area (Å²) in [6, 6.07) is 5.74. The molecule has 1 fully saturated rings. The Bertz CT molecular complexity index is 748. The van der Waals surface area contributed by atoms with Gasteiger partial charge < -0.3 is 4.90 Å². The molecule has 1 aromatic heterocycles. The van der Waals surface area contributed by atoms with Crippen LogP contribution in [0, 0.1) is 11.6 Å². The second-order valence-electron chi connectivity index (χ2n) is 6.74. The predicted octanol–water partition coefficient (Wildman–Crippen LogP) is 2.24. The van der Waals surface area contributed by atoms with Crippen LogP contribution in [0.1, 0.15) is 18.4 Å². The number of halogens is 2. The average molecular weight is 348 g/mol. The highest BCUT2D eigenvalue weighted by molar-refractivity contribution is 5.84. The van der Waals surface area contributed by atoms with Gasteiger partial charge in [-0.2, -0.15) is 5.10 Å². The van der Waals surface area contributed by atoms with E-state index in [4.69, 9.17) is 0 Å². The van der Waals surface area contributed by atoms with Gasteiger partial charge >= 0.3 is 0 Å². The molecule has 2 heterocycles. The molecule has 7 heteroatoms. The molecule has 5 nitrogen and oxygen atoms in total. The van der Waals surface area contributed by atoms with E-state index in [9.17, 15) is 13.6 Å². The van der Waals surface area contributed by atoms with E-state index in [-0.39, 0.29) is 5.91 Å². The smallest absolute Gasteiger partial charge is 0.251 e. The predicted molar refractivity (Wildman–Crippen MR) is 89.8 cm³/mol. The molecule has 0 radical (unpaired) electrons. The molecular formula is C18H22F2N4O. The van der Waals surface area contributed by atoms with Crippen LogP contribution in [-0.2, 0) is 16.9 Å². The first-order chi connectivity index (χ1) is 11.9. The van der Waals surface area contributed by atoms with Crippen LogP contribution >= 0.6 is 0 Å². The molecule has 2 aromatic rings. The molecule has 0 saturated carbocycles. The van der Waals surface area contributed by atoms with Gasteiger partial charge in [0.05, 0.1) is 0 Å². The normalized spacial score (nSPS) is 21.3. The SMILES string of the molecule is CN(C)C(=O)C1(n2cccn2)CCCN(Cc2ccc(F)c(F)c2)C1. The van der Waals surface area contributed by atoms with Gasteiger partial charge in [-0.05, 0) is 43.1 Å². The Morgan fingerprint density at radius 3 is 2.76 bits per heavy atom. The van der Waals surface area contributed by atoms with Crippen molar-refractivity contribution in [1.82, 2.24) is 19.6 Å². The van der Waals surface area contributed by atoms with Crippen molar-refractivity contribution < 1.29 is 13.6 Å². The third kappa shape index (κ3) is 3.42. The Hall–Kier alpha value is -2.28.